The van der Waals surface area contributed by atoms with Crippen LogP contribution in [0.15, 0.2) is 24.3 Å². The van der Waals surface area contributed by atoms with Crippen molar-refractivity contribution in [3.05, 3.63) is 35.4 Å². The molecule has 2 unspecified atom stereocenters. The molecule has 1 amide bonds. The predicted octanol–water partition coefficient (Wildman–Crippen LogP) is 3.47. The van der Waals surface area contributed by atoms with Crippen molar-refractivity contribution in [1.29, 1.82) is 0 Å². The molecule has 1 aromatic rings. The molecule has 1 saturated heterocycles. The Morgan fingerprint density at radius 2 is 2.08 bits per heavy atom. The number of benzene rings is 1. The van der Waals surface area contributed by atoms with E-state index in [4.69, 9.17) is 5.73 Å². The molecule has 2 rings (SSSR count). The zero-order valence-electron chi connectivity index (χ0n) is 14.4. The molecule has 1 fully saturated rings. The van der Waals surface area contributed by atoms with Crippen molar-refractivity contribution in [3.8, 4) is 0 Å². The standard InChI is InChI=1S/C18H25F3N2O/c1-12(9-13-5-4-6-14(10-13)18(19,20)21)16(24)23-8-7-15(22)17(2,3)11-23/h4-6,10,12,15H,7-9,11,22H2,1-3H3. The summed E-state index contributed by atoms with van der Waals surface area (Å²) in [5.74, 6) is -0.383. The van der Waals surface area contributed by atoms with Crippen molar-refractivity contribution >= 4 is 5.91 Å². The molecular formula is C18H25F3N2O. The van der Waals surface area contributed by atoms with Gasteiger partial charge in [0.15, 0.2) is 0 Å². The van der Waals surface area contributed by atoms with Crippen LogP contribution in [0, 0.1) is 11.3 Å². The van der Waals surface area contributed by atoms with Gasteiger partial charge >= 0.3 is 6.18 Å². The third-order valence-electron chi connectivity index (χ3n) is 4.84. The maximum atomic E-state index is 12.8. The van der Waals surface area contributed by atoms with Crippen LogP contribution in [-0.4, -0.2) is 29.9 Å². The number of hydrogen-bond donors (Lipinski definition) is 1. The number of halogens is 3. The van der Waals surface area contributed by atoms with E-state index >= 15 is 0 Å². The predicted molar refractivity (Wildman–Crippen MR) is 87.3 cm³/mol. The largest absolute Gasteiger partial charge is 0.416 e. The molecule has 3 nitrogen and oxygen atoms in total. The van der Waals surface area contributed by atoms with Crippen LogP contribution in [0.25, 0.3) is 0 Å². The fourth-order valence-corrected chi connectivity index (χ4v) is 3.19. The molecule has 0 radical (unpaired) electrons. The summed E-state index contributed by atoms with van der Waals surface area (Å²) in [5, 5.41) is 0. The summed E-state index contributed by atoms with van der Waals surface area (Å²) in [6, 6.07) is 5.25. The summed E-state index contributed by atoms with van der Waals surface area (Å²) in [4.78, 5) is 14.4. The highest BCUT2D eigenvalue weighted by Crippen LogP contribution is 2.31. The maximum Gasteiger partial charge on any atom is 0.416 e. The van der Waals surface area contributed by atoms with Crippen LogP contribution in [-0.2, 0) is 17.4 Å². The molecule has 2 atom stereocenters. The van der Waals surface area contributed by atoms with Gasteiger partial charge in [0.05, 0.1) is 5.56 Å². The zero-order chi connectivity index (χ0) is 18.1. The minimum absolute atomic E-state index is 0.0209. The lowest BCUT2D eigenvalue weighted by atomic mass is 9.79. The van der Waals surface area contributed by atoms with Crippen molar-refractivity contribution in [2.45, 2.75) is 45.8 Å². The Kier molecular flexibility index (Phi) is 5.28. The zero-order valence-corrected chi connectivity index (χ0v) is 14.4. The van der Waals surface area contributed by atoms with Crippen molar-refractivity contribution < 1.29 is 18.0 Å². The fraction of sp³-hybridized carbons (Fsp3) is 0.611. The maximum absolute atomic E-state index is 12.8. The van der Waals surface area contributed by atoms with Crippen molar-refractivity contribution in [2.75, 3.05) is 13.1 Å². The summed E-state index contributed by atoms with van der Waals surface area (Å²) in [7, 11) is 0. The number of amides is 1. The molecule has 0 bridgehead atoms. The minimum Gasteiger partial charge on any atom is -0.342 e. The highest BCUT2D eigenvalue weighted by Gasteiger charge is 2.36. The first-order valence-corrected chi connectivity index (χ1v) is 8.21. The third-order valence-corrected chi connectivity index (χ3v) is 4.84. The number of carbonyl (C=O) groups excluding carboxylic acids is 1. The van der Waals surface area contributed by atoms with Gasteiger partial charge in [0.1, 0.15) is 0 Å². The van der Waals surface area contributed by atoms with Crippen LogP contribution in [0.3, 0.4) is 0 Å². The molecule has 0 spiro atoms. The number of piperidine rings is 1. The molecule has 6 heteroatoms. The summed E-state index contributed by atoms with van der Waals surface area (Å²) >= 11 is 0. The number of alkyl halides is 3. The fourth-order valence-electron chi connectivity index (χ4n) is 3.19. The molecule has 24 heavy (non-hydrogen) atoms. The van der Waals surface area contributed by atoms with Gasteiger partial charge in [-0.15, -0.1) is 0 Å². The van der Waals surface area contributed by atoms with Gasteiger partial charge in [0, 0.05) is 25.0 Å². The lowest BCUT2D eigenvalue weighted by molar-refractivity contribution is -0.138. The van der Waals surface area contributed by atoms with Crippen LogP contribution in [0.4, 0.5) is 13.2 Å². The van der Waals surface area contributed by atoms with Crippen LogP contribution in [0.1, 0.15) is 38.3 Å². The van der Waals surface area contributed by atoms with E-state index < -0.39 is 11.7 Å². The van der Waals surface area contributed by atoms with Crippen molar-refractivity contribution in [3.63, 3.8) is 0 Å². The first-order valence-electron chi connectivity index (χ1n) is 8.21. The van der Waals surface area contributed by atoms with Crippen LogP contribution in [0.5, 0.6) is 0 Å². The van der Waals surface area contributed by atoms with E-state index in [0.717, 1.165) is 18.6 Å². The van der Waals surface area contributed by atoms with Gasteiger partial charge in [-0.25, -0.2) is 0 Å². The van der Waals surface area contributed by atoms with E-state index in [1.807, 2.05) is 13.8 Å². The Bertz CT molecular complexity index is 598. The van der Waals surface area contributed by atoms with Crippen LogP contribution >= 0.6 is 0 Å². The first-order chi connectivity index (χ1) is 11.0. The number of hydrogen-bond acceptors (Lipinski definition) is 2. The van der Waals surface area contributed by atoms with E-state index in [-0.39, 0.29) is 23.3 Å². The summed E-state index contributed by atoms with van der Waals surface area (Å²) < 4.78 is 38.4. The average molecular weight is 342 g/mol. The Labute approximate surface area is 141 Å². The Morgan fingerprint density at radius 3 is 2.67 bits per heavy atom. The molecular weight excluding hydrogens is 317 g/mol. The van der Waals surface area contributed by atoms with Gasteiger partial charge in [-0.05, 0) is 29.9 Å². The second kappa shape index (κ2) is 6.75. The summed E-state index contributed by atoms with van der Waals surface area (Å²) in [5.41, 5.74) is 5.79. The molecule has 0 aromatic heterocycles. The van der Waals surface area contributed by atoms with Gasteiger partial charge in [-0.2, -0.15) is 13.2 Å². The molecule has 2 N–H and O–H groups in total. The van der Waals surface area contributed by atoms with E-state index in [1.165, 1.54) is 6.07 Å². The summed E-state index contributed by atoms with van der Waals surface area (Å²) in [6.45, 7) is 7.03. The molecule has 1 aliphatic rings. The van der Waals surface area contributed by atoms with Gasteiger partial charge in [0.2, 0.25) is 5.91 Å². The molecule has 1 aromatic carbocycles. The number of likely N-dealkylation sites (tertiary alicyclic amines) is 1. The second-order valence-corrected chi connectivity index (χ2v) is 7.45. The summed E-state index contributed by atoms with van der Waals surface area (Å²) in [6.07, 6.45) is -3.32. The topological polar surface area (TPSA) is 46.3 Å². The number of rotatable bonds is 3. The molecule has 1 aliphatic heterocycles. The SMILES string of the molecule is CC(Cc1cccc(C(F)(F)F)c1)C(=O)N1CCC(N)C(C)(C)C1. The second-order valence-electron chi connectivity index (χ2n) is 7.45. The van der Waals surface area contributed by atoms with E-state index in [2.05, 4.69) is 0 Å². The normalized spacial score (nSPS) is 22.3. The van der Waals surface area contributed by atoms with E-state index in [1.54, 1.807) is 17.9 Å². The Hall–Kier alpha value is -1.56. The Morgan fingerprint density at radius 1 is 1.42 bits per heavy atom. The molecule has 0 saturated carbocycles. The van der Waals surface area contributed by atoms with E-state index in [9.17, 15) is 18.0 Å². The van der Waals surface area contributed by atoms with Crippen molar-refractivity contribution in [1.82, 2.24) is 4.90 Å². The van der Waals surface area contributed by atoms with Gasteiger partial charge in [-0.1, -0.05) is 39.0 Å². The lowest BCUT2D eigenvalue weighted by Crippen LogP contribution is -2.55. The highest BCUT2D eigenvalue weighted by molar-refractivity contribution is 5.79. The van der Waals surface area contributed by atoms with Gasteiger partial charge in [-0.3, -0.25) is 4.79 Å². The smallest absolute Gasteiger partial charge is 0.342 e. The Balaban J connectivity index is 2.05. The van der Waals surface area contributed by atoms with Crippen molar-refractivity contribution in [2.24, 2.45) is 17.1 Å². The minimum atomic E-state index is -4.36. The lowest BCUT2D eigenvalue weighted by Gasteiger charge is -2.43. The van der Waals surface area contributed by atoms with Gasteiger partial charge in [0.25, 0.3) is 0 Å². The molecule has 0 aliphatic carbocycles. The van der Waals surface area contributed by atoms with E-state index in [0.29, 0.717) is 25.1 Å². The molecule has 1 heterocycles. The third kappa shape index (κ3) is 4.29. The van der Waals surface area contributed by atoms with Gasteiger partial charge < -0.3 is 10.6 Å². The first kappa shape index (κ1) is 18.8. The monoisotopic (exact) mass is 342 g/mol. The molecule has 134 valence electrons. The number of nitrogens with zero attached hydrogens (tertiary/aromatic N) is 1. The quantitative estimate of drug-likeness (QED) is 0.914. The van der Waals surface area contributed by atoms with Crippen LogP contribution < -0.4 is 5.73 Å². The highest BCUT2D eigenvalue weighted by atomic mass is 19.4. The number of nitrogens with two attached hydrogens (primary N) is 1. The average Bonchev–Trinajstić information content (AvgIpc) is 2.48. The van der Waals surface area contributed by atoms with Crippen LogP contribution in [0.2, 0.25) is 0 Å². The number of carbonyl (C=O) groups is 1.